The van der Waals surface area contributed by atoms with E-state index in [0.717, 1.165) is 0 Å². The van der Waals surface area contributed by atoms with Gasteiger partial charge in [0.2, 0.25) is 0 Å². The van der Waals surface area contributed by atoms with Crippen molar-refractivity contribution in [3.8, 4) is 66.8 Å². The van der Waals surface area contributed by atoms with Gasteiger partial charge < -0.3 is 0 Å². The van der Waals surface area contributed by atoms with Crippen molar-refractivity contribution in [3.05, 3.63) is 241 Å². The molecule has 2 aliphatic rings. The molecule has 0 amide bonds. The maximum atomic E-state index is 2.52. The van der Waals surface area contributed by atoms with Crippen LogP contribution in [-0.4, -0.2) is 0 Å². The molecule has 264 valence electrons. The van der Waals surface area contributed by atoms with E-state index in [1.165, 1.54) is 111 Å². The molecule has 0 heterocycles. The average Bonchev–Trinajstić information content (AvgIpc) is 3.59. The second-order valence-corrected chi connectivity index (χ2v) is 15.5. The Morgan fingerprint density at radius 1 is 0.228 bits per heavy atom. The maximum absolute atomic E-state index is 2.52. The normalized spacial score (nSPS) is 13.1. The molecule has 0 fully saturated rings. The lowest BCUT2D eigenvalue weighted by molar-refractivity contribution is 0.774. The largest absolute Gasteiger partial charge is 0.0725 e. The van der Waals surface area contributed by atoms with Crippen LogP contribution in [-0.2, 0) is 5.41 Å². The van der Waals surface area contributed by atoms with Gasteiger partial charge >= 0.3 is 0 Å². The SMILES string of the molecule is c1ccc(-c2cccc(-c3ccc4c(c3)C3(c5ccccc5-c5ccccc53)c3cccc5c(-c6cccc(-c7ccccc7)c6)c6ccccc6c-4c35)c2)cc1. The van der Waals surface area contributed by atoms with Crippen molar-refractivity contribution in [2.45, 2.75) is 5.41 Å². The number of fused-ring (bicyclic) bond motifs is 11. The summed E-state index contributed by atoms with van der Waals surface area (Å²) in [6.45, 7) is 0. The number of hydrogen-bond acceptors (Lipinski definition) is 0. The lowest BCUT2D eigenvalue weighted by Gasteiger charge is -2.41. The van der Waals surface area contributed by atoms with Crippen LogP contribution in [0.3, 0.4) is 0 Å². The molecule has 1 spiro atoms. The van der Waals surface area contributed by atoms with Gasteiger partial charge in [0, 0.05) is 0 Å². The molecule has 0 bridgehead atoms. The topological polar surface area (TPSA) is 0 Å². The molecule has 0 heteroatoms. The zero-order valence-corrected chi connectivity index (χ0v) is 31.3. The fourth-order valence-electron chi connectivity index (χ4n) is 10.3. The molecule has 10 aromatic rings. The highest BCUT2D eigenvalue weighted by Crippen LogP contribution is 2.63. The lowest BCUT2D eigenvalue weighted by atomic mass is 9.60. The van der Waals surface area contributed by atoms with Crippen LogP contribution < -0.4 is 0 Å². The van der Waals surface area contributed by atoms with Gasteiger partial charge in [-0.1, -0.05) is 200 Å². The van der Waals surface area contributed by atoms with Crippen LogP contribution >= 0.6 is 0 Å². The molecule has 0 aliphatic heterocycles. The summed E-state index contributed by atoms with van der Waals surface area (Å²) in [5.41, 5.74) is 20.0. The Bertz CT molecular complexity index is 3180. The van der Waals surface area contributed by atoms with Crippen LogP contribution in [0.5, 0.6) is 0 Å². The smallest absolute Gasteiger partial charge is 0.0622 e. The molecule has 0 unspecified atom stereocenters. The molecule has 0 nitrogen and oxygen atoms in total. The first kappa shape index (κ1) is 32.0. The first-order chi connectivity index (χ1) is 28.3. The van der Waals surface area contributed by atoms with E-state index in [1.54, 1.807) is 0 Å². The second kappa shape index (κ2) is 12.4. The van der Waals surface area contributed by atoms with Crippen molar-refractivity contribution in [2.24, 2.45) is 0 Å². The van der Waals surface area contributed by atoms with Gasteiger partial charge in [-0.2, -0.15) is 0 Å². The summed E-state index contributed by atoms with van der Waals surface area (Å²) < 4.78 is 0. The van der Waals surface area contributed by atoms with Crippen molar-refractivity contribution in [1.29, 1.82) is 0 Å². The Morgan fingerprint density at radius 3 is 1.32 bits per heavy atom. The Labute approximate surface area is 333 Å². The zero-order valence-electron chi connectivity index (χ0n) is 31.3. The summed E-state index contributed by atoms with van der Waals surface area (Å²) in [5, 5.41) is 5.19. The van der Waals surface area contributed by atoms with Crippen LogP contribution in [0, 0.1) is 0 Å². The fourth-order valence-corrected chi connectivity index (χ4v) is 10.3. The van der Waals surface area contributed by atoms with Crippen molar-refractivity contribution >= 4 is 21.5 Å². The van der Waals surface area contributed by atoms with E-state index >= 15 is 0 Å². The number of benzene rings is 10. The predicted molar refractivity (Wildman–Crippen MR) is 239 cm³/mol. The van der Waals surface area contributed by atoms with Gasteiger partial charge in [-0.15, -0.1) is 0 Å². The summed E-state index contributed by atoms with van der Waals surface area (Å²) in [5.74, 6) is 0. The van der Waals surface area contributed by atoms with Crippen molar-refractivity contribution in [2.75, 3.05) is 0 Å². The van der Waals surface area contributed by atoms with Gasteiger partial charge in [0.1, 0.15) is 0 Å². The van der Waals surface area contributed by atoms with Gasteiger partial charge in [-0.3, -0.25) is 0 Å². The summed E-state index contributed by atoms with van der Waals surface area (Å²) in [6.07, 6.45) is 0. The standard InChI is InChI=1S/C57H36/c1-3-16-37(17-4-1)39-20-13-22-41(34-39)42-32-33-48-53(36-42)57(50-29-11-9-24-44(50)45-25-10-12-30-51(45)57)52-31-15-28-49-54(46-26-7-8-27-47(46)55(48)56(49)52)43-23-14-21-40(35-43)38-18-5-2-6-19-38/h1-36H. The molecule has 0 N–H and O–H groups in total. The minimum Gasteiger partial charge on any atom is -0.0622 e. The fraction of sp³-hybridized carbons (Fsp3) is 0.0175. The van der Waals surface area contributed by atoms with Crippen LogP contribution in [0.2, 0.25) is 0 Å². The number of rotatable bonds is 4. The summed E-state index contributed by atoms with van der Waals surface area (Å²) in [6, 6.07) is 81.4. The van der Waals surface area contributed by atoms with Gasteiger partial charge in [0.05, 0.1) is 5.41 Å². The lowest BCUT2D eigenvalue weighted by Crippen LogP contribution is -2.32. The highest BCUT2D eigenvalue weighted by atomic mass is 14.5. The minimum absolute atomic E-state index is 0.520. The monoisotopic (exact) mass is 720 g/mol. The molecule has 57 heavy (non-hydrogen) atoms. The van der Waals surface area contributed by atoms with Gasteiger partial charge in [-0.05, 0) is 129 Å². The molecule has 2 aliphatic carbocycles. The highest BCUT2D eigenvalue weighted by molar-refractivity contribution is 6.24. The van der Waals surface area contributed by atoms with Gasteiger partial charge in [-0.25, -0.2) is 0 Å². The third kappa shape index (κ3) is 4.56. The minimum atomic E-state index is -0.520. The van der Waals surface area contributed by atoms with Crippen LogP contribution in [0.1, 0.15) is 22.3 Å². The van der Waals surface area contributed by atoms with E-state index in [1.807, 2.05) is 0 Å². The molecule has 10 aromatic carbocycles. The Balaban J connectivity index is 1.21. The highest BCUT2D eigenvalue weighted by Gasteiger charge is 2.50. The van der Waals surface area contributed by atoms with Gasteiger partial charge in [0.25, 0.3) is 0 Å². The molecular weight excluding hydrogens is 685 g/mol. The molecule has 0 atom stereocenters. The van der Waals surface area contributed by atoms with Crippen LogP contribution in [0.25, 0.3) is 88.3 Å². The average molecular weight is 721 g/mol. The third-order valence-corrected chi connectivity index (χ3v) is 12.7. The predicted octanol–water partition coefficient (Wildman–Crippen LogP) is 15.0. The quantitative estimate of drug-likeness (QED) is 0.159. The van der Waals surface area contributed by atoms with Crippen LogP contribution in [0.15, 0.2) is 218 Å². The Kier molecular flexibility index (Phi) is 6.94. The van der Waals surface area contributed by atoms with E-state index in [2.05, 4.69) is 218 Å². The van der Waals surface area contributed by atoms with E-state index in [-0.39, 0.29) is 0 Å². The maximum Gasteiger partial charge on any atom is 0.0725 e. The van der Waals surface area contributed by atoms with E-state index < -0.39 is 5.41 Å². The first-order valence-corrected chi connectivity index (χ1v) is 19.9. The van der Waals surface area contributed by atoms with Gasteiger partial charge in [0.15, 0.2) is 0 Å². The molecule has 0 radical (unpaired) electrons. The van der Waals surface area contributed by atoms with E-state index in [9.17, 15) is 0 Å². The number of hydrogen-bond donors (Lipinski definition) is 0. The summed E-state index contributed by atoms with van der Waals surface area (Å²) >= 11 is 0. The van der Waals surface area contributed by atoms with Crippen LogP contribution in [0.4, 0.5) is 0 Å². The van der Waals surface area contributed by atoms with Crippen molar-refractivity contribution in [3.63, 3.8) is 0 Å². The molecule has 0 saturated carbocycles. The molecule has 0 aromatic heterocycles. The third-order valence-electron chi connectivity index (χ3n) is 12.7. The van der Waals surface area contributed by atoms with Crippen molar-refractivity contribution < 1.29 is 0 Å². The van der Waals surface area contributed by atoms with E-state index in [0.29, 0.717) is 0 Å². The molecule has 0 saturated heterocycles. The van der Waals surface area contributed by atoms with E-state index in [4.69, 9.17) is 0 Å². The Morgan fingerprint density at radius 2 is 0.667 bits per heavy atom. The summed E-state index contributed by atoms with van der Waals surface area (Å²) in [4.78, 5) is 0. The Hall–Kier alpha value is -7.28. The van der Waals surface area contributed by atoms with Crippen molar-refractivity contribution in [1.82, 2.24) is 0 Å². The molecule has 12 rings (SSSR count). The summed E-state index contributed by atoms with van der Waals surface area (Å²) in [7, 11) is 0. The molecular formula is C57H36. The zero-order chi connectivity index (χ0) is 37.5. The first-order valence-electron chi connectivity index (χ1n) is 19.9. The second-order valence-electron chi connectivity index (χ2n) is 15.5.